The van der Waals surface area contributed by atoms with Gasteiger partial charge in [0.15, 0.2) is 0 Å². The van der Waals surface area contributed by atoms with E-state index in [0.717, 1.165) is 21.8 Å². The Morgan fingerprint density at radius 2 is 1.84 bits per heavy atom. The number of thiazole rings is 1. The van der Waals surface area contributed by atoms with Gasteiger partial charge >= 0.3 is 0 Å². The van der Waals surface area contributed by atoms with E-state index in [1.54, 1.807) is 35.4 Å². The molecular formula is C20H17N3OS. The van der Waals surface area contributed by atoms with Gasteiger partial charge in [-0.2, -0.15) is 5.26 Å². The lowest BCUT2D eigenvalue weighted by Gasteiger charge is -2.18. The highest BCUT2D eigenvalue weighted by molar-refractivity contribution is 7.09. The number of carbonyl (C=O) groups is 1. The van der Waals surface area contributed by atoms with Crippen molar-refractivity contribution >= 4 is 17.2 Å². The van der Waals surface area contributed by atoms with Crippen molar-refractivity contribution in [3.8, 4) is 17.2 Å². The second-order valence-electron chi connectivity index (χ2n) is 5.72. The van der Waals surface area contributed by atoms with E-state index < -0.39 is 0 Å². The van der Waals surface area contributed by atoms with Crippen molar-refractivity contribution in [2.75, 3.05) is 7.05 Å². The highest BCUT2D eigenvalue weighted by Crippen LogP contribution is 2.27. The zero-order valence-corrected chi connectivity index (χ0v) is 14.9. The summed E-state index contributed by atoms with van der Waals surface area (Å²) < 4.78 is 0. The maximum Gasteiger partial charge on any atom is 0.254 e. The lowest BCUT2D eigenvalue weighted by Crippen LogP contribution is -2.26. The van der Waals surface area contributed by atoms with Crippen LogP contribution < -0.4 is 0 Å². The third kappa shape index (κ3) is 3.59. The zero-order valence-electron chi connectivity index (χ0n) is 14.1. The smallest absolute Gasteiger partial charge is 0.254 e. The van der Waals surface area contributed by atoms with Gasteiger partial charge in [-0.05, 0) is 24.6 Å². The molecule has 0 N–H and O–H groups in total. The number of amides is 1. The lowest BCUT2D eigenvalue weighted by atomic mass is 9.95. The SMILES string of the molecule is Cc1nc(CN(C)C(=O)c2ccccc2-c2ccccc2C#N)cs1. The average Bonchev–Trinajstić information content (AvgIpc) is 3.05. The number of aryl methyl sites for hydroxylation is 1. The van der Waals surface area contributed by atoms with Crippen LogP contribution in [-0.2, 0) is 6.54 Å². The van der Waals surface area contributed by atoms with Crippen molar-refractivity contribution in [2.45, 2.75) is 13.5 Å². The first-order valence-electron chi connectivity index (χ1n) is 7.85. The molecule has 1 heterocycles. The van der Waals surface area contributed by atoms with Gasteiger partial charge in [0, 0.05) is 23.6 Å². The van der Waals surface area contributed by atoms with Crippen LogP contribution in [0.5, 0.6) is 0 Å². The van der Waals surface area contributed by atoms with Crippen molar-refractivity contribution in [3.63, 3.8) is 0 Å². The molecule has 5 heteroatoms. The molecule has 0 aliphatic carbocycles. The molecule has 0 fully saturated rings. The molecule has 3 rings (SSSR count). The summed E-state index contributed by atoms with van der Waals surface area (Å²) in [6.45, 7) is 2.40. The zero-order chi connectivity index (χ0) is 17.8. The fraction of sp³-hybridized carbons (Fsp3) is 0.150. The predicted molar refractivity (Wildman–Crippen MR) is 99.2 cm³/mol. The number of nitriles is 1. The van der Waals surface area contributed by atoms with Crippen molar-refractivity contribution in [3.05, 3.63) is 75.7 Å². The standard InChI is InChI=1S/C20H17N3OS/c1-14-22-16(13-25-14)12-23(2)20(24)19-10-6-5-9-18(19)17-8-4-3-7-15(17)11-21/h3-10,13H,12H2,1-2H3. The Morgan fingerprint density at radius 3 is 2.52 bits per heavy atom. The average molecular weight is 347 g/mol. The number of hydrogen-bond acceptors (Lipinski definition) is 4. The third-order valence-electron chi connectivity index (χ3n) is 3.91. The molecule has 0 unspecified atom stereocenters. The van der Waals surface area contributed by atoms with Crippen molar-refractivity contribution in [2.24, 2.45) is 0 Å². The molecule has 4 nitrogen and oxygen atoms in total. The van der Waals surface area contributed by atoms with E-state index in [2.05, 4.69) is 11.1 Å². The molecule has 124 valence electrons. The first-order valence-corrected chi connectivity index (χ1v) is 8.73. The Morgan fingerprint density at radius 1 is 1.16 bits per heavy atom. The second kappa shape index (κ2) is 7.29. The highest BCUT2D eigenvalue weighted by atomic mass is 32.1. The molecule has 1 aromatic heterocycles. The predicted octanol–water partition coefficient (Wildman–Crippen LogP) is 4.26. The highest BCUT2D eigenvalue weighted by Gasteiger charge is 2.18. The Balaban J connectivity index is 1.95. The number of benzene rings is 2. The van der Waals surface area contributed by atoms with Crippen LogP contribution in [-0.4, -0.2) is 22.8 Å². The summed E-state index contributed by atoms with van der Waals surface area (Å²) in [5.74, 6) is -0.0889. The fourth-order valence-corrected chi connectivity index (χ4v) is 3.33. The molecule has 0 bridgehead atoms. The summed E-state index contributed by atoms with van der Waals surface area (Å²) in [7, 11) is 1.77. The first-order chi connectivity index (χ1) is 12.1. The molecule has 2 aromatic carbocycles. The van der Waals surface area contributed by atoms with Crippen LogP contribution in [0.3, 0.4) is 0 Å². The molecule has 3 aromatic rings. The quantitative estimate of drug-likeness (QED) is 0.708. The van der Waals surface area contributed by atoms with Gasteiger partial charge in [0.1, 0.15) is 0 Å². The number of carbonyl (C=O) groups excluding carboxylic acids is 1. The minimum Gasteiger partial charge on any atom is -0.336 e. The van der Waals surface area contributed by atoms with Gasteiger partial charge in [-0.3, -0.25) is 4.79 Å². The number of rotatable bonds is 4. The van der Waals surface area contributed by atoms with Gasteiger partial charge in [0.25, 0.3) is 5.91 Å². The van der Waals surface area contributed by atoms with Crippen molar-refractivity contribution < 1.29 is 4.79 Å². The third-order valence-corrected chi connectivity index (χ3v) is 4.73. The maximum atomic E-state index is 13.0. The Hall–Kier alpha value is -2.97. The maximum absolute atomic E-state index is 13.0. The van der Waals surface area contributed by atoms with Gasteiger partial charge in [0.05, 0.1) is 28.9 Å². The molecule has 0 saturated carbocycles. The fourth-order valence-electron chi connectivity index (χ4n) is 2.72. The largest absolute Gasteiger partial charge is 0.336 e. The lowest BCUT2D eigenvalue weighted by molar-refractivity contribution is 0.0784. The minimum atomic E-state index is -0.0889. The Bertz CT molecular complexity index is 955. The van der Waals surface area contributed by atoms with E-state index >= 15 is 0 Å². The summed E-state index contributed by atoms with van der Waals surface area (Å²) in [6.07, 6.45) is 0. The van der Waals surface area contributed by atoms with E-state index in [4.69, 9.17) is 0 Å². The summed E-state index contributed by atoms with van der Waals surface area (Å²) >= 11 is 1.57. The topological polar surface area (TPSA) is 57.0 Å². The monoisotopic (exact) mass is 347 g/mol. The van der Waals surface area contributed by atoms with E-state index in [1.807, 2.05) is 48.7 Å². The van der Waals surface area contributed by atoms with Gasteiger partial charge in [-0.25, -0.2) is 4.98 Å². The van der Waals surface area contributed by atoms with Crippen LogP contribution in [0.15, 0.2) is 53.9 Å². The summed E-state index contributed by atoms with van der Waals surface area (Å²) in [5, 5.41) is 12.3. The van der Waals surface area contributed by atoms with E-state index in [-0.39, 0.29) is 5.91 Å². The normalized spacial score (nSPS) is 10.3. The van der Waals surface area contributed by atoms with Crippen LogP contribution in [0.4, 0.5) is 0 Å². The molecule has 0 spiro atoms. The molecule has 0 atom stereocenters. The molecular weight excluding hydrogens is 330 g/mol. The van der Waals surface area contributed by atoms with Crippen LogP contribution in [0.25, 0.3) is 11.1 Å². The minimum absolute atomic E-state index is 0.0889. The second-order valence-corrected chi connectivity index (χ2v) is 6.78. The first kappa shape index (κ1) is 16.9. The number of aromatic nitrogens is 1. The van der Waals surface area contributed by atoms with E-state index in [9.17, 15) is 10.1 Å². The molecule has 25 heavy (non-hydrogen) atoms. The van der Waals surface area contributed by atoms with Gasteiger partial charge in [0.2, 0.25) is 0 Å². The Labute approximate surface area is 151 Å². The van der Waals surface area contributed by atoms with Gasteiger partial charge in [-0.15, -0.1) is 11.3 Å². The van der Waals surface area contributed by atoms with Gasteiger partial charge in [-0.1, -0.05) is 36.4 Å². The number of hydrogen-bond donors (Lipinski definition) is 0. The summed E-state index contributed by atoms with van der Waals surface area (Å²) in [6, 6.07) is 16.9. The summed E-state index contributed by atoms with van der Waals surface area (Å²) in [5.41, 5.74) is 3.56. The van der Waals surface area contributed by atoms with Crippen molar-refractivity contribution in [1.82, 2.24) is 9.88 Å². The summed E-state index contributed by atoms with van der Waals surface area (Å²) in [4.78, 5) is 19.0. The molecule has 0 saturated heterocycles. The van der Waals surface area contributed by atoms with Gasteiger partial charge < -0.3 is 4.90 Å². The van der Waals surface area contributed by atoms with E-state index in [1.165, 1.54) is 0 Å². The van der Waals surface area contributed by atoms with E-state index in [0.29, 0.717) is 17.7 Å². The van der Waals surface area contributed by atoms with Crippen LogP contribution in [0, 0.1) is 18.3 Å². The Kier molecular flexibility index (Phi) is 4.92. The van der Waals surface area contributed by atoms with Crippen LogP contribution in [0.2, 0.25) is 0 Å². The molecule has 0 aliphatic rings. The van der Waals surface area contributed by atoms with Crippen LogP contribution >= 0.6 is 11.3 Å². The van der Waals surface area contributed by atoms with Crippen LogP contribution in [0.1, 0.15) is 26.6 Å². The molecule has 1 amide bonds. The molecule has 0 aliphatic heterocycles. The number of nitrogens with zero attached hydrogens (tertiary/aromatic N) is 3. The van der Waals surface area contributed by atoms with Crippen molar-refractivity contribution in [1.29, 1.82) is 5.26 Å². The molecule has 0 radical (unpaired) electrons.